The molecule has 1 saturated heterocycles. The quantitative estimate of drug-likeness (QED) is 0.177. The summed E-state index contributed by atoms with van der Waals surface area (Å²) in [6.07, 6.45) is 2.43. The van der Waals surface area contributed by atoms with Crippen LogP contribution >= 0.6 is 0 Å². The lowest BCUT2D eigenvalue weighted by molar-refractivity contribution is -0.143. The Balaban J connectivity index is 1.36. The van der Waals surface area contributed by atoms with Crippen molar-refractivity contribution in [2.75, 3.05) is 38.3 Å². The van der Waals surface area contributed by atoms with Gasteiger partial charge in [-0.05, 0) is 62.6 Å². The number of amides is 5. The summed E-state index contributed by atoms with van der Waals surface area (Å²) >= 11 is 0. The van der Waals surface area contributed by atoms with Crippen LogP contribution in [0.25, 0.3) is 11.3 Å². The fourth-order valence-electron chi connectivity index (χ4n) is 6.73. The topological polar surface area (TPSA) is 236 Å². The number of hydrogen-bond donors (Lipinski definition) is 5. The Morgan fingerprint density at radius 2 is 1.86 bits per heavy atom. The van der Waals surface area contributed by atoms with Gasteiger partial charge in [0, 0.05) is 42.6 Å². The highest BCUT2D eigenvalue weighted by Crippen LogP contribution is 2.33. The minimum atomic E-state index is -3.31. The monoisotopic (exact) mass is 841 g/mol. The molecule has 0 unspecified atom stereocenters. The first kappa shape index (κ1) is 44.3. The van der Waals surface area contributed by atoms with Crippen molar-refractivity contribution in [2.24, 2.45) is 16.0 Å². The smallest absolute Gasteiger partial charge is 0.276 e. The molecule has 0 radical (unpaired) electrons. The Morgan fingerprint density at radius 1 is 1.10 bits per heavy atom. The molecule has 3 aromatic rings. The predicted molar refractivity (Wildman–Crippen MR) is 214 cm³/mol. The minimum Gasteiger partial charge on any atom is -0.493 e. The second-order valence-corrected chi connectivity index (χ2v) is 17.3. The number of hydrogen-bond acceptors (Lipinski definition) is 12. The zero-order chi connectivity index (χ0) is 43.0. The third-order valence-electron chi connectivity index (χ3n) is 9.45. The number of ether oxygens (including phenoxy) is 2. The van der Waals surface area contributed by atoms with Crippen LogP contribution in [-0.2, 0) is 39.5 Å². The fraction of sp³-hybridized carbons (Fsp3) is 0.462. The van der Waals surface area contributed by atoms with Crippen LogP contribution in [0, 0.1) is 17.6 Å². The highest BCUT2D eigenvalue weighted by Gasteiger charge is 2.40. The molecule has 4 bridgehead atoms. The number of fused-ring (bicyclic) bond motifs is 6. The van der Waals surface area contributed by atoms with E-state index in [2.05, 4.69) is 35.6 Å². The molecule has 2 aliphatic rings. The summed E-state index contributed by atoms with van der Waals surface area (Å²) in [5.74, 6) is -5.14. The minimum absolute atomic E-state index is 0.0121. The number of carbonyl (C=O) groups is 5. The van der Waals surface area contributed by atoms with Gasteiger partial charge >= 0.3 is 0 Å². The number of rotatable bonds is 12. The molecule has 5 atom stereocenters. The summed E-state index contributed by atoms with van der Waals surface area (Å²) in [6, 6.07) is 5.08. The molecule has 0 aliphatic carbocycles. The summed E-state index contributed by atoms with van der Waals surface area (Å²) in [4.78, 5) is 74.5. The Labute approximate surface area is 340 Å². The van der Waals surface area contributed by atoms with Crippen LogP contribution < -0.4 is 36.5 Å². The number of primary amides is 1. The average Bonchev–Trinajstić information content (AvgIpc) is 3.63. The van der Waals surface area contributed by atoms with Crippen LogP contribution in [0.5, 0.6) is 11.5 Å². The van der Waals surface area contributed by atoms with Gasteiger partial charge in [-0.2, -0.15) is 4.36 Å². The molecule has 0 saturated carbocycles. The van der Waals surface area contributed by atoms with E-state index >= 15 is 4.39 Å². The summed E-state index contributed by atoms with van der Waals surface area (Å²) in [5, 5.41) is 10.8. The molecule has 2 aliphatic heterocycles. The van der Waals surface area contributed by atoms with Crippen molar-refractivity contribution in [3.8, 4) is 22.8 Å². The van der Waals surface area contributed by atoms with E-state index in [4.69, 9.17) is 15.2 Å². The Bertz CT molecular complexity index is 2220. The van der Waals surface area contributed by atoms with Gasteiger partial charge < -0.3 is 41.4 Å². The Morgan fingerprint density at radius 3 is 2.58 bits per heavy atom. The van der Waals surface area contributed by atoms with Crippen molar-refractivity contribution in [1.82, 2.24) is 30.8 Å². The van der Waals surface area contributed by atoms with Crippen molar-refractivity contribution in [1.29, 1.82) is 0 Å². The number of aromatic nitrogens is 2. The van der Waals surface area contributed by atoms with Gasteiger partial charge in [-0.15, -0.1) is 0 Å². The van der Waals surface area contributed by atoms with Crippen molar-refractivity contribution in [3.63, 3.8) is 0 Å². The molecule has 20 heteroatoms. The second kappa shape index (κ2) is 19.3. The molecule has 0 spiro atoms. The Hall–Kier alpha value is -5.76. The molecule has 17 nitrogen and oxygen atoms in total. The van der Waals surface area contributed by atoms with Crippen LogP contribution in [0.15, 0.2) is 47.0 Å². The number of carbonyl (C=O) groups excluding carboxylic acids is 5. The maximum Gasteiger partial charge on any atom is 0.276 e. The SMILES string of the molecule is CNCC(=O)N[C@@H](CC(N)=O)C(=O)N1CCC[C@H]1C(=O)N[C@H](C(=O)N=[S@](C)(=O)Cc1cc2cc(c1)O[C@H](C)CCOc1cc(F)ccc1-c1nc(ncc1F)N2)C(C)C. The number of halogens is 2. The summed E-state index contributed by atoms with van der Waals surface area (Å²) < 4.78 is 59.4. The van der Waals surface area contributed by atoms with E-state index in [1.54, 1.807) is 39.0 Å². The van der Waals surface area contributed by atoms with E-state index in [1.807, 2.05) is 0 Å². The van der Waals surface area contributed by atoms with Crippen LogP contribution in [0.2, 0.25) is 0 Å². The first-order valence-corrected chi connectivity index (χ1v) is 21.1. The summed E-state index contributed by atoms with van der Waals surface area (Å²) in [7, 11) is -1.78. The van der Waals surface area contributed by atoms with Crippen LogP contribution in [0.1, 0.15) is 52.0 Å². The largest absolute Gasteiger partial charge is 0.493 e. The molecule has 3 heterocycles. The highest BCUT2D eigenvalue weighted by molar-refractivity contribution is 7.92. The van der Waals surface area contributed by atoms with Gasteiger partial charge in [0.15, 0.2) is 5.82 Å². The molecule has 59 heavy (non-hydrogen) atoms. The first-order valence-electron chi connectivity index (χ1n) is 19.0. The van der Waals surface area contributed by atoms with E-state index in [9.17, 15) is 32.6 Å². The van der Waals surface area contributed by atoms with Crippen LogP contribution in [0.4, 0.5) is 20.4 Å². The first-order chi connectivity index (χ1) is 27.9. The van der Waals surface area contributed by atoms with Crippen molar-refractivity contribution in [2.45, 2.75) is 76.4 Å². The summed E-state index contributed by atoms with van der Waals surface area (Å²) in [5.41, 5.74) is 6.28. The number of anilines is 2. The van der Waals surface area contributed by atoms with Crippen LogP contribution in [-0.4, -0.2) is 106 Å². The van der Waals surface area contributed by atoms with Gasteiger partial charge in [0.25, 0.3) is 5.91 Å². The average molecular weight is 842 g/mol. The van der Waals surface area contributed by atoms with Gasteiger partial charge in [-0.25, -0.2) is 23.0 Å². The van der Waals surface area contributed by atoms with Crippen molar-refractivity contribution >= 4 is 50.9 Å². The number of benzene rings is 2. The molecular weight excluding hydrogens is 793 g/mol. The second-order valence-electron chi connectivity index (χ2n) is 14.9. The zero-order valence-electron chi connectivity index (χ0n) is 33.4. The lowest BCUT2D eigenvalue weighted by Crippen LogP contribution is -2.57. The molecule has 318 valence electrons. The van der Waals surface area contributed by atoms with Gasteiger partial charge in [-0.3, -0.25) is 24.0 Å². The number of nitrogens with one attached hydrogen (secondary N) is 4. The summed E-state index contributed by atoms with van der Waals surface area (Å²) in [6.45, 7) is 5.30. The Kier molecular flexibility index (Phi) is 14.5. The van der Waals surface area contributed by atoms with E-state index in [0.717, 1.165) is 12.3 Å². The molecule has 1 aromatic heterocycles. The third kappa shape index (κ3) is 11.9. The molecule has 6 N–H and O–H groups in total. The highest BCUT2D eigenvalue weighted by atomic mass is 32.2. The maximum atomic E-state index is 15.1. The number of likely N-dealkylation sites (N-methyl/N-ethyl adjacent to an activating group) is 1. The number of likely N-dealkylation sites (tertiary alicyclic amines) is 1. The number of nitrogens with zero attached hydrogens (tertiary/aromatic N) is 4. The van der Waals surface area contributed by atoms with E-state index in [0.29, 0.717) is 29.8 Å². The third-order valence-corrected chi connectivity index (χ3v) is 10.9. The van der Waals surface area contributed by atoms with Crippen molar-refractivity contribution in [3.05, 3.63) is 59.8 Å². The maximum absolute atomic E-state index is 15.1. The van der Waals surface area contributed by atoms with Gasteiger partial charge in [0.2, 0.25) is 29.6 Å². The molecule has 5 rings (SSSR count). The fourth-order valence-corrected chi connectivity index (χ4v) is 8.07. The predicted octanol–water partition coefficient (Wildman–Crippen LogP) is 2.55. The van der Waals surface area contributed by atoms with Crippen molar-refractivity contribution < 1.29 is 46.4 Å². The molecular formula is C39H49F2N9O8S. The molecule has 5 amide bonds. The number of nitrogens with two attached hydrogens (primary N) is 1. The van der Waals surface area contributed by atoms with Gasteiger partial charge in [0.05, 0.1) is 47.4 Å². The standard InChI is InChI=1S/C39H49F2N9O8S/c1-21(2)34(47-36(53)30-7-6-11-50(30)38(55)29(17-32(42)51)46-33(52)19-43-4)37(54)49-59(5,56)20-23-13-25-16-26(14-23)58-22(3)10-12-57-31-15-24(40)8-9-27(31)35-28(41)18-44-39(45-25)48-35/h8-9,13-16,18,21-22,29-30,34,43H,6-7,10-12,17,19-20H2,1-5H3,(H2,42,51)(H,46,52)(H,47,53)(H,44,45,48)/t22-,29+,30+,34+,59-/m1/s1. The molecule has 2 aromatic carbocycles. The lowest BCUT2D eigenvalue weighted by Gasteiger charge is -2.30. The van der Waals surface area contributed by atoms with Crippen LogP contribution in [0.3, 0.4) is 0 Å². The van der Waals surface area contributed by atoms with E-state index in [-0.39, 0.29) is 54.8 Å². The van der Waals surface area contributed by atoms with Gasteiger partial charge in [-0.1, -0.05) is 13.8 Å². The lowest BCUT2D eigenvalue weighted by atomic mass is 10.0. The van der Waals surface area contributed by atoms with E-state index < -0.39 is 87.5 Å². The van der Waals surface area contributed by atoms with Gasteiger partial charge in [0.1, 0.15) is 41.1 Å². The molecule has 1 fully saturated rings. The zero-order valence-corrected chi connectivity index (χ0v) is 34.2. The normalized spacial score (nSPS) is 18.3. The van der Waals surface area contributed by atoms with E-state index in [1.165, 1.54) is 30.3 Å².